The smallest absolute Gasteiger partial charge is 0.0559 e. The lowest BCUT2D eigenvalue weighted by molar-refractivity contribution is 0.248. The zero-order chi connectivity index (χ0) is 64.7. The molecule has 0 N–H and O–H groups in total. The molecule has 0 amide bonds. The van der Waals surface area contributed by atoms with E-state index in [0.29, 0.717) is 17.9 Å². The fourth-order valence-electron chi connectivity index (χ4n) is 19.0. The van der Waals surface area contributed by atoms with Gasteiger partial charge >= 0.3 is 0 Å². The number of anilines is 3. The minimum Gasteiger partial charge on any atom is -0.338 e. The standard InChI is InChI=1S/C96H78N2/c1-7-23-69(24-8-1)93-85-51-45-65(39-41-67-43-49-81-83-53-47-79(97(75-31-11-3-12-32-75)76-33-13-4-14-34-76)59-91(83)95(89(81)57-67)61-71-27-19-20-28-72(71)62-95)55-87(85)88-56-66(46-52-86(88)94(93)70-25-9-2-10-26-70)40-42-68-44-50-82-84-54-48-80(98(77-35-15-5-16-36-77)78-37-17-6-18-38-78)60-92(84)96(90(82)58-68)63-73-29-21-22-30-74(73)64-96/h1-5,7-15,17,19-21,23-29,31-35,37-59,80,82,90H,6,16,18,22,30,36,60-64H2/b41-39+,42-40+. The number of fused-ring (bicyclic) bond motifs is 13. The van der Waals surface area contributed by atoms with Gasteiger partial charge in [-0.2, -0.15) is 0 Å². The first-order chi connectivity index (χ1) is 48.5. The molecule has 0 fully saturated rings. The van der Waals surface area contributed by atoms with Gasteiger partial charge in [-0.3, -0.25) is 0 Å². The number of nitrogens with zero attached hydrogens (tertiary/aromatic N) is 2. The second-order valence-electron chi connectivity index (χ2n) is 28.8. The molecule has 9 aliphatic carbocycles. The average molecular weight is 1260 g/mol. The van der Waals surface area contributed by atoms with Crippen LogP contribution in [0.4, 0.5) is 17.1 Å². The van der Waals surface area contributed by atoms with E-state index in [4.69, 9.17) is 0 Å². The van der Waals surface area contributed by atoms with E-state index in [1.54, 1.807) is 22.3 Å². The summed E-state index contributed by atoms with van der Waals surface area (Å²) in [7, 11) is 0. The van der Waals surface area contributed by atoms with Gasteiger partial charge in [0.05, 0.1) is 6.04 Å². The largest absolute Gasteiger partial charge is 0.338 e. The topological polar surface area (TPSA) is 6.48 Å². The summed E-state index contributed by atoms with van der Waals surface area (Å²) in [5.74, 6) is 0.775. The molecule has 0 radical (unpaired) electrons. The van der Waals surface area contributed by atoms with Crippen molar-refractivity contribution in [3.8, 4) is 33.4 Å². The molecular weight excluding hydrogens is 1180 g/mol. The first-order valence-corrected chi connectivity index (χ1v) is 36.0. The molecule has 9 aliphatic rings. The Hall–Kier alpha value is -10.8. The quantitative estimate of drug-likeness (QED) is 0.0889. The van der Waals surface area contributed by atoms with Crippen LogP contribution in [-0.4, -0.2) is 10.9 Å². The van der Waals surface area contributed by atoms with Crippen LogP contribution in [0, 0.1) is 17.3 Å². The van der Waals surface area contributed by atoms with Crippen molar-refractivity contribution in [2.45, 2.75) is 82.1 Å². The van der Waals surface area contributed by atoms with Crippen molar-refractivity contribution >= 4 is 56.8 Å². The Morgan fingerprint density at radius 3 is 1.69 bits per heavy atom. The lowest BCUT2D eigenvalue weighted by Gasteiger charge is -2.41. The van der Waals surface area contributed by atoms with E-state index in [-0.39, 0.29) is 10.8 Å². The van der Waals surface area contributed by atoms with Crippen LogP contribution in [0.2, 0.25) is 0 Å². The van der Waals surface area contributed by atoms with Gasteiger partial charge in [0.1, 0.15) is 0 Å². The average Bonchev–Trinajstić information content (AvgIpc) is 1.10. The first-order valence-electron chi connectivity index (χ1n) is 36.0. The van der Waals surface area contributed by atoms with Crippen LogP contribution in [0.5, 0.6) is 0 Å². The number of benzene rings is 10. The highest BCUT2D eigenvalue weighted by Gasteiger charge is 2.56. The minimum atomic E-state index is -0.197. The van der Waals surface area contributed by atoms with Gasteiger partial charge in [0, 0.05) is 45.2 Å². The van der Waals surface area contributed by atoms with Crippen LogP contribution in [-0.2, 0) is 18.3 Å². The molecule has 0 saturated heterocycles. The van der Waals surface area contributed by atoms with Gasteiger partial charge in [-0.15, -0.1) is 0 Å². The van der Waals surface area contributed by atoms with Gasteiger partial charge in [0.2, 0.25) is 0 Å². The van der Waals surface area contributed by atoms with E-state index in [9.17, 15) is 0 Å². The number of allylic oxidation sites excluding steroid dienone is 18. The van der Waals surface area contributed by atoms with Crippen molar-refractivity contribution in [1.29, 1.82) is 0 Å². The Labute approximate surface area is 577 Å². The second-order valence-corrected chi connectivity index (χ2v) is 28.8. The Morgan fingerprint density at radius 2 is 1.05 bits per heavy atom. The van der Waals surface area contributed by atoms with Crippen LogP contribution in [0.15, 0.2) is 343 Å². The third-order valence-electron chi connectivity index (χ3n) is 23.4. The van der Waals surface area contributed by atoms with Gasteiger partial charge in [-0.05, 0) is 248 Å². The fraction of sp³-hybridized carbons (Fsp3) is 0.167. The molecule has 10 aromatic rings. The molecule has 98 heavy (non-hydrogen) atoms. The molecule has 0 aliphatic heterocycles. The molecular formula is C96H78N2. The summed E-state index contributed by atoms with van der Waals surface area (Å²) in [6.07, 6.45) is 53.7. The SMILES string of the molecule is C1=CCCC(N(C2=CCCC=C2)C2C=CC3=C(C2)C2(CC4=C(CCC=C4)C2)C2C=C(/C=C/c4ccc5c(-c6ccccc6)c(-c6ccccc6)c6ccc(/C=C/c7ccc8c(c7)C7(Cc9ccccc9C7)c7cc(N(c9ccccc9)c9ccccc9)ccc7-8)cc6c5c4)C=CC32)=C1. The van der Waals surface area contributed by atoms with Gasteiger partial charge in [0.25, 0.3) is 0 Å². The van der Waals surface area contributed by atoms with Crippen LogP contribution in [0.25, 0.3) is 73.2 Å². The van der Waals surface area contributed by atoms with Crippen LogP contribution < -0.4 is 4.90 Å². The molecule has 2 spiro atoms. The predicted octanol–water partition coefficient (Wildman–Crippen LogP) is 24.6. The Bertz CT molecular complexity index is 5240. The Balaban J connectivity index is 0.686. The minimum absolute atomic E-state index is 0.0737. The number of hydrogen-bond acceptors (Lipinski definition) is 2. The maximum absolute atomic E-state index is 2.71. The van der Waals surface area contributed by atoms with Gasteiger partial charge in [-0.25, -0.2) is 0 Å². The summed E-state index contributed by atoms with van der Waals surface area (Å²) in [5, 5.41) is 5.03. The van der Waals surface area contributed by atoms with Gasteiger partial charge in [-0.1, -0.05) is 272 Å². The number of rotatable bonds is 12. The molecule has 4 unspecified atom stereocenters. The molecule has 2 heteroatoms. The summed E-state index contributed by atoms with van der Waals surface area (Å²) in [4.78, 5) is 5.13. The van der Waals surface area contributed by atoms with E-state index in [1.165, 1.54) is 129 Å². The zero-order valence-electron chi connectivity index (χ0n) is 55.5. The molecule has 2 nitrogen and oxygen atoms in total. The number of hydrogen-bond donors (Lipinski definition) is 0. The van der Waals surface area contributed by atoms with Gasteiger partial charge in [0.15, 0.2) is 0 Å². The van der Waals surface area contributed by atoms with Crippen LogP contribution in [0.1, 0.15) is 96.7 Å². The van der Waals surface area contributed by atoms with E-state index in [1.807, 2.05) is 0 Å². The van der Waals surface area contributed by atoms with Crippen molar-refractivity contribution in [3.63, 3.8) is 0 Å². The molecule has 0 heterocycles. The molecule has 0 aromatic heterocycles. The molecule has 19 rings (SSSR count). The molecule has 472 valence electrons. The monoisotopic (exact) mass is 1260 g/mol. The van der Waals surface area contributed by atoms with Crippen LogP contribution >= 0.6 is 0 Å². The summed E-state index contributed by atoms with van der Waals surface area (Å²) in [5.41, 5.74) is 31.1. The summed E-state index contributed by atoms with van der Waals surface area (Å²) in [6, 6.07) is 82.2. The lowest BCUT2D eigenvalue weighted by atomic mass is 9.66. The van der Waals surface area contributed by atoms with E-state index < -0.39 is 0 Å². The highest BCUT2D eigenvalue weighted by Crippen LogP contribution is 2.66. The van der Waals surface area contributed by atoms with Crippen molar-refractivity contribution < 1.29 is 0 Å². The maximum Gasteiger partial charge on any atom is 0.0559 e. The second kappa shape index (κ2) is 24.1. The maximum atomic E-state index is 2.71. The normalized spacial score (nSPS) is 21.3. The predicted molar refractivity (Wildman–Crippen MR) is 412 cm³/mol. The third kappa shape index (κ3) is 9.88. The molecule has 10 aromatic carbocycles. The summed E-state index contributed by atoms with van der Waals surface area (Å²) < 4.78 is 0. The molecule has 0 bridgehead atoms. The Kier molecular flexibility index (Phi) is 14.4. The highest BCUT2D eigenvalue weighted by atomic mass is 15.2. The lowest BCUT2D eigenvalue weighted by Crippen LogP contribution is -2.37. The number of para-hydroxylation sites is 2. The highest BCUT2D eigenvalue weighted by molar-refractivity contribution is 6.22. The van der Waals surface area contributed by atoms with Crippen molar-refractivity contribution in [2.75, 3.05) is 4.90 Å². The molecule has 0 saturated carbocycles. The third-order valence-corrected chi connectivity index (χ3v) is 23.4. The zero-order valence-corrected chi connectivity index (χ0v) is 55.5. The summed E-state index contributed by atoms with van der Waals surface area (Å²) in [6.45, 7) is 0. The molecule has 4 atom stereocenters. The van der Waals surface area contributed by atoms with Crippen molar-refractivity contribution in [1.82, 2.24) is 4.90 Å². The van der Waals surface area contributed by atoms with Crippen LogP contribution in [0.3, 0.4) is 0 Å². The van der Waals surface area contributed by atoms with Crippen molar-refractivity contribution in [2.24, 2.45) is 17.3 Å². The van der Waals surface area contributed by atoms with E-state index in [2.05, 4.69) is 331 Å². The summed E-state index contributed by atoms with van der Waals surface area (Å²) >= 11 is 0. The Morgan fingerprint density at radius 1 is 0.449 bits per heavy atom. The van der Waals surface area contributed by atoms with Crippen molar-refractivity contribution in [3.05, 3.63) is 382 Å². The first kappa shape index (κ1) is 58.5. The van der Waals surface area contributed by atoms with Gasteiger partial charge < -0.3 is 9.80 Å². The van der Waals surface area contributed by atoms with E-state index >= 15 is 0 Å². The van der Waals surface area contributed by atoms with E-state index in [0.717, 1.165) is 69.2 Å². The fourth-order valence-corrected chi connectivity index (χ4v) is 19.0.